The predicted molar refractivity (Wildman–Crippen MR) is 110 cm³/mol. The van der Waals surface area contributed by atoms with Crippen molar-refractivity contribution < 1.29 is 40.4 Å². The van der Waals surface area contributed by atoms with Crippen LogP contribution in [0.5, 0.6) is 0 Å². The van der Waals surface area contributed by atoms with Crippen molar-refractivity contribution in [3.8, 4) is 0 Å². The van der Waals surface area contributed by atoms with Gasteiger partial charge in [-0.15, -0.1) is 0 Å². The molecule has 0 aromatic heterocycles. The van der Waals surface area contributed by atoms with Gasteiger partial charge in [-0.25, -0.2) is 9.18 Å². The maximum atomic E-state index is 14.4. The Balaban J connectivity index is 2.43. The van der Waals surface area contributed by atoms with E-state index in [2.05, 4.69) is 20.1 Å². The molecule has 0 atom stereocenters. The highest BCUT2D eigenvalue weighted by atomic mass is 35.5. The van der Waals surface area contributed by atoms with E-state index in [9.17, 15) is 35.5 Å². The monoisotopic (exact) mass is 515 g/mol. The number of nitrogens with one attached hydrogen (secondary N) is 1. The number of aliphatic imine (C=N–C) groups is 2. The molecule has 1 aromatic rings. The van der Waals surface area contributed by atoms with Crippen LogP contribution in [0.3, 0.4) is 0 Å². The molecule has 0 spiro atoms. The molecule has 1 aliphatic rings. The molecule has 0 radical (unpaired) electrons. The van der Waals surface area contributed by atoms with Crippen molar-refractivity contribution in [3.05, 3.63) is 51.3 Å². The number of hydrogen-bond donors (Lipinski definition) is 3. The van der Waals surface area contributed by atoms with Crippen molar-refractivity contribution in [2.75, 3.05) is 6.54 Å². The largest absolute Gasteiger partial charge is 0.435 e. The first kappa shape index (κ1) is 27.1. The van der Waals surface area contributed by atoms with E-state index >= 15 is 0 Å². The summed E-state index contributed by atoms with van der Waals surface area (Å²) < 4.78 is 92.9. The summed E-state index contributed by atoms with van der Waals surface area (Å²) in [6.45, 7) is 2.17. The third-order valence-corrected chi connectivity index (χ3v) is 4.97. The second-order valence-corrected chi connectivity index (χ2v) is 7.42. The number of alkyl halides is 7. The van der Waals surface area contributed by atoms with Crippen LogP contribution >= 0.6 is 11.6 Å². The quantitative estimate of drug-likeness (QED) is 0.311. The molecule has 5 N–H and O–H groups in total. The van der Waals surface area contributed by atoms with Gasteiger partial charge in [0.15, 0.2) is 0 Å². The number of carbonyl (C=O) groups is 1. The van der Waals surface area contributed by atoms with Gasteiger partial charge in [0.2, 0.25) is 0 Å². The van der Waals surface area contributed by atoms with Crippen molar-refractivity contribution in [1.82, 2.24) is 5.32 Å². The minimum atomic E-state index is -6.24. The first-order valence-corrected chi connectivity index (χ1v) is 9.47. The summed E-state index contributed by atoms with van der Waals surface area (Å²) in [5, 5.41) is 2.52. The van der Waals surface area contributed by atoms with E-state index in [1.165, 1.54) is 0 Å². The van der Waals surface area contributed by atoms with Gasteiger partial charge < -0.3 is 15.9 Å². The third-order valence-electron chi connectivity index (χ3n) is 4.66. The van der Waals surface area contributed by atoms with Gasteiger partial charge >= 0.3 is 24.0 Å². The molecule has 186 valence electrons. The summed E-state index contributed by atoms with van der Waals surface area (Å²) >= 11 is 5.88. The molecule has 0 aliphatic carbocycles. The maximum Gasteiger partial charge on any atom is 0.435 e. The normalized spacial score (nSPS) is 16.0. The van der Waals surface area contributed by atoms with Crippen LogP contribution in [0.1, 0.15) is 16.7 Å². The average molecular weight is 516 g/mol. The van der Waals surface area contributed by atoms with Crippen molar-refractivity contribution in [3.63, 3.8) is 0 Å². The zero-order valence-corrected chi connectivity index (χ0v) is 18.2. The molecule has 0 saturated carbocycles. The van der Waals surface area contributed by atoms with Gasteiger partial charge in [-0.3, -0.25) is 9.98 Å². The van der Waals surface area contributed by atoms with Crippen molar-refractivity contribution in [1.29, 1.82) is 0 Å². The number of hydrogen-bond acceptors (Lipinski definition) is 7. The molecule has 0 saturated heterocycles. The first-order chi connectivity index (χ1) is 15.6. The standard InChI is InChI=1S/C19H17ClF7N5O2/c1-8-3-11(17(21,18(22,23)24)19(25,26)27)4-9(2)13(8)30-6-10(5-28)15-31-7-12(20)14(32-15)16(33)34-29/h3-6H,7,28-29H2,1-2H3,(H,31,32). The van der Waals surface area contributed by atoms with Crippen LogP contribution in [0, 0.1) is 13.8 Å². The van der Waals surface area contributed by atoms with Gasteiger partial charge in [-0.2, -0.15) is 32.2 Å². The highest BCUT2D eigenvalue weighted by molar-refractivity contribution is 6.33. The molecule has 1 aromatic carbocycles. The third kappa shape index (κ3) is 5.01. The summed E-state index contributed by atoms with van der Waals surface area (Å²) in [6.07, 6.45) is -10.4. The Morgan fingerprint density at radius 2 is 1.68 bits per heavy atom. The zero-order chi connectivity index (χ0) is 26.1. The second-order valence-electron chi connectivity index (χ2n) is 6.97. The number of aryl methyl sites for hydroxylation is 2. The molecule has 15 heteroatoms. The highest BCUT2D eigenvalue weighted by Crippen LogP contribution is 2.53. The van der Waals surface area contributed by atoms with Crippen LogP contribution in [-0.2, 0) is 15.3 Å². The van der Waals surface area contributed by atoms with Crippen molar-refractivity contribution >= 4 is 35.3 Å². The van der Waals surface area contributed by atoms with Crippen LogP contribution in [0.25, 0.3) is 0 Å². The molecular formula is C19H17ClF7N5O2. The predicted octanol–water partition coefficient (Wildman–Crippen LogP) is 4.01. The number of halogens is 8. The lowest BCUT2D eigenvalue weighted by Gasteiger charge is -2.31. The Labute approximate surface area is 193 Å². The fourth-order valence-corrected chi connectivity index (χ4v) is 3.19. The fourth-order valence-electron chi connectivity index (χ4n) is 3.00. The van der Waals surface area contributed by atoms with Crippen LogP contribution < -0.4 is 16.9 Å². The summed E-state index contributed by atoms with van der Waals surface area (Å²) in [5.41, 5.74) is -2.19. The lowest BCUT2D eigenvalue weighted by atomic mass is 9.90. The summed E-state index contributed by atoms with van der Waals surface area (Å²) in [7, 11) is 0. The van der Waals surface area contributed by atoms with Crippen LogP contribution in [0.15, 0.2) is 44.6 Å². The van der Waals surface area contributed by atoms with E-state index in [0.29, 0.717) is 12.1 Å². The Kier molecular flexibility index (Phi) is 7.67. The fraction of sp³-hybridized carbons (Fsp3) is 0.316. The smallest absolute Gasteiger partial charge is 0.404 e. The minimum Gasteiger partial charge on any atom is -0.404 e. The van der Waals surface area contributed by atoms with E-state index in [-0.39, 0.29) is 45.5 Å². The molecular weight excluding hydrogens is 499 g/mol. The Morgan fingerprint density at radius 1 is 1.15 bits per heavy atom. The minimum absolute atomic E-state index is 0.0000979. The van der Waals surface area contributed by atoms with Gasteiger partial charge in [0.05, 0.1) is 22.8 Å². The number of benzene rings is 1. The highest BCUT2D eigenvalue weighted by Gasteiger charge is 2.73. The van der Waals surface area contributed by atoms with Crippen LogP contribution in [-0.4, -0.2) is 36.9 Å². The van der Waals surface area contributed by atoms with Gasteiger partial charge in [0.1, 0.15) is 11.5 Å². The summed E-state index contributed by atoms with van der Waals surface area (Å²) in [5.74, 6) is 3.83. The molecule has 2 rings (SSSR count). The van der Waals surface area contributed by atoms with Gasteiger partial charge in [0, 0.05) is 18.0 Å². The number of rotatable bonds is 5. The summed E-state index contributed by atoms with van der Waals surface area (Å²) in [6, 6.07) is 0.835. The second kappa shape index (κ2) is 9.62. The molecule has 1 aliphatic heterocycles. The number of nitrogens with two attached hydrogens (primary N) is 2. The van der Waals surface area contributed by atoms with E-state index in [1.54, 1.807) is 0 Å². The average Bonchev–Trinajstić information content (AvgIpc) is 2.73. The lowest BCUT2D eigenvalue weighted by Crippen LogP contribution is -2.50. The molecule has 0 fully saturated rings. The first-order valence-electron chi connectivity index (χ1n) is 9.10. The van der Waals surface area contributed by atoms with Crippen LogP contribution in [0.4, 0.5) is 36.4 Å². The molecule has 7 nitrogen and oxygen atoms in total. The molecule has 34 heavy (non-hydrogen) atoms. The molecule has 0 bridgehead atoms. The lowest BCUT2D eigenvalue weighted by molar-refractivity contribution is -0.348. The van der Waals surface area contributed by atoms with Gasteiger partial charge in [-0.1, -0.05) is 23.7 Å². The van der Waals surface area contributed by atoms with Gasteiger partial charge in [-0.05, 0) is 25.0 Å². The van der Waals surface area contributed by atoms with E-state index in [1.807, 2.05) is 0 Å². The number of amidine groups is 1. The number of carbonyl (C=O) groups excluding carboxylic acids is 1. The number of nitrogens with zero attached hydrogens (tertiary/aromatic N) is 2. The maximum absolute atomic E-state index is 14.4. The van der Waals surface area contributed by atoms with Gasteiger partial charge in [0.25, 0.3) is 0 Å². The SMILES string of the molecule is Cc1cc(C(F)(C(F)(F)F)C(F)(F)F)cc(C)c1N=CC(=CN)C1=NCC(Cl)=C(C(=O)ON)N1. The van der Waals surface area contributed by atoms with E-state index in [4.69, 9.17) is 23.2 Å². The van der Waals surface area contributed by atoms with E-state index in [0.717, 1.165) is 26.3 Å². The van der Waals surface area contributed by atoms with Crippen molar-refractivity contribution in [2.45, 2.75) is 31.9 Å². The van der Waals surface area contributed by atoms with Crippen LogP contribution in [0.2, 0.25) is 0 Å². The topological polar surface area (TPSA) is 115 Å². The van der Waals surface area contributed by atoms with Crippen molar-refractivity contribution in [2.24, 2.45) is 21.6 Å². The van der Waals surface area contributed by atoms with E-state index < -0.39 is 29.6 Å². The molecule has 0 unspecified atom stereocenters. The zero-order valence-electron chi connectivity index (χ0n) is 17.4. The Bertz CT molecular complexity index is 1070. The Morgan fingerprint density at radius 3 is 2.12 bits per heavy atom. The summed E-state index contributed by atoms with van der Waals surface area (Å²) in [4.78, 5) is 23.8. The Hall–Kier alpha value is -3.13. The molecule has 0 amide bonds. The molecule has 1 heterocycles.